The summed E-state index contributed by atoms with van der Waals surface area (Å²) in [6.45, 7) is 0.669. The van der Waals surface area contributed by atoms with Crippen molar-refractivity contribution in [3.05, 3.63) is 64.4 Å². The molecule has 7 heteroatoms. The van der Waals surface area contributed by atoms with Crippen LogP contribution in [0.3, 0.4) is 0 Å². The van der Waals surface area contributed by atoms with Gasteiger partial charge in [0.2, 0.25) is 11.3 Å². The van der Waals surface area contributed by atoms with Crippen LogP contribution in [0.25, 0.3) is 10.9 Å². The van der Waals surface area contributed by atoms with Gasteiger partial charge in [0.25, 0.3) is 5.91 Å². The minimum absolute atomic E-state index is 0.0809. The van der Waals surface area contributed by atoms with Crippen molar-refractivity contribution >= 4 is 34.1 Å². The zero-order valence-electron chi connectivity index (χ0n) is 14.6. The lowest BCUT2D eigenvalue weighted by atomic mass is 10.1. The van der Waals surface area contributed by atoms with E-state index in [0.29, 0.717) is 29.6 Å². The third-order valence-electron chi connectivity index (χ3n) is 4.63. The van der Waals surface area contributed by atoms with Crippen molar-refractivity contribution < 1.29 is 9.59 Å². The number of hydrogen-bond donors (Lipinski definition) is 2. The number of anilines is 2. The van der Waals surface area contributed by atoms with Crippen LogP contribution in [0, 0.1) is 0 Å². The Morgan fingerprint density at radius 3 is 2.78 bits per heavy atom. The van der Waals surface area contributed by atoms with E-state index in [0.717, 1.165) is 18.5 Å². The van der Waals surface area contributed by atoms with Gasteiger partial charge < -0.3 is 10.2 Å². The van der Waals surface area contributed by atoms with Crippen LogP contribution in [0.2, 0.25) is 0 Å². The summed E-state index contributed by atoms with van der Waals surface area (Å²) in [5.74, 6) is -0.513. The van der Waals surface area contributed by atoms with Crippen molar-refractivity contribution in [3.63, 3.8) is 0 Å². The fraction of sp³-hybridized carbons (Fsp3) is 0.200. The van der Waals surface area contributed by atoms with Crippen LogP contribution in [-0.4, -0.2) is 28.6 Å². The second-order valence-electron chi connectivity index (χ2n) is 6.45. The first-order valence-corrected chi connectivity index (χ1v) is 8.83. The molecule has 1 saturated heterocycles. The van der Waals surface area contributed by atoms with E-state index in [-0.39, 0.29) is 11.6 Å². The lowest BCUT2D eigenvalue weighted by molar-refractivity contribution is -0.119. The quantitative estimate of drug-likeness (QED) is 0.749. The van der Waals surface area contributed by atoms with E-state index >= 15 is 0 Å². The number of nitrogens with zero attached hydrogens (tertiary/aromatic N) is 2. The summed E-state index contributed by atoms with van der Waals surface area (Å²) in [6.07, 6.45) is 2.40. The van der Waals surface area contributed by atoms with Gasteiger partial charge in [-0.25, -0.2) is 0 Å². The maximum Gasteiger partial charge on any atom is 0.280 e. The molecule has 1 aromatic heterocycles. The molecule has 2 N–H and O–H groups in total. The van der Waals surface area contributed by atoms with E-state index in [9.17, 15) is 14.4 Å². The van der Waals surface area contributed by atoms with Crippen molar-refractivity contribution in [3.8, 4) is 0 Å². The molecule has 7 nitrogen and oxygen atoms in total. The molecular formula is C20H18N4O3. The van der Waals surface area contributed by atoms with E-state index in [2.05, 4.69) is 15.5 Å². The molecule has 2 amide bonds. The highest BCUT2D eigenvalue weighted by molar-refractivity contribution is 6.04. The summed E-state index contributed by atoms with van der Waals surface area (Å²) in [6, 6.07) is 13.9. The van der Waals surface area contributed by atoms with Crippen molar-refractivity contribution in [2.45, 2.75) is 19.3 Å². The van der Waals surface area contributed by atoms with Crippen LogP contribution in [0.5, 0.6) is 0 Å². The Labute approximate surface area is 155 Å². The number of rotatable bonds is 3. The van der Waals surface area contributed by atoms with E-state index in [1.165, 1.54) is 0 Å². The molecule has 2 aromatic carbocycles. The zero-order chi connectivity index (χ0) is 18.8. The van der Waals surface area contributed by atoms with Gasteiger partial charge in [-0.05, 0) is 43.2 Å². The molecular weight excluding hydrogens is 344 g/mol. The first kappa shape index (κ1) is 17.0. The van der Waals surface area contributed by atoms with Crippen molar-refractivity contribution in [1.29, 1.82) is 0 Å². The van der Waals surface area contributed by atoms with E-state index in [1.54, 1.807) is 47.4 Å². The second kappa shape index (κ2) is 7.03. The number of aromatic nitrogens is 2. The van der Waals surface area contributed by atoms with Crippen LogP contribution >= 0.6 is 0 Å². The maximum atomic E-state index is 12.6. The van der Waals surface area contributed by atoms with Gasteiger partial charge in [-0.3, -0.25) is 19.5 Å². The third-order valence-corrected chi connectivity index (χ3v) is 4.63. The average Bonchev–Trinajstić information content (AvgIpc) is 2.69. The topological polar surface area (TPSA) is 95.2 Å². The SMILES string of the molecule is O=C(Nc1cccc(N2CCCCC2=O)c1)c1n[nH]c2ccccc2c1=O. The fourth-order valence-electron chi connectivity index (χ4n) is 3.25. The number of amides is 2. The molecule has 0 radical (unpaired) electrons. The highest BCUT2D eigenvalue weighted by atomic mass is 16.2. The Bertz CT molecular complexity index is 1090. The highest BCUT2D eigenvalue weighted by Crippen LogP contribution is 2.24. The standard InChI is InChI=1S/C20H18N4O3/c25-17-10-3-4-11-24(17)14-7-5-6-13(12-14)21-20(27)18-19(26)15-8-1-2-9-16(15)22-23-18/h1-2,5-9,12H,3-4,10-11H2,(H,21,27)(H,22,26). The number of carbonyl (C=O) groups excluding carboxylic acids is 2. The maximum absolute atomic E-state index is 12.6. The predicted octanol–water partition coefficient (Wildman–Crippen LogP) is 2.69. The Hall–Kier alpha value is -3.48. The molecule has 3 aromatic rings. The molecule has 0 saturated carbocycles. The first-order chi connectivity index (χ1) is 13.1. The molecule has 0 aliphatic carbocycles. The van der Waals surface area contributed by atoms with Crippen molar-refractivity contribution in [1.82, 2.24) is 10.2 Å². The van der Waals surface area contributed by atoms with E-state index in [4.69, 9.17) is 0 Å². The van der Waals surface area contributed by atoms with Gasteiger partial charge in [0.05, 0.1) is 5.52 Å². The van der Waals surface area contributed by atoms with E-state index in [1.807, 2.05) is 6.07 Å². The number of para-hydroxylation sites is 1. The largest absolute Gasteiger partial charge is 0.320 e. The summed E-state index contributed by atoms with van der Waals surface area (Å²) in [5, 5.41) is 9.75. The van der Waals surface area contributed by atoms with Crippen LogP contribution < -0.4 is 15.6 Å². The molecule has 136 valence electrons. The summed E-state index contributed by atoms with van der Waals surface area (Å²) in [7, 11) is 0. The summed E-state index contributed by atoms with van der Waals surface area (Å²) in [4.78, 5) is 38.9. The van der Waals surface area contributed by atoms with Gasteiger partial charge in [-0.2, -0.15) is 5.10 Å². The van der Waals surface area contributed by atoms with Crippen LogP contribution in [0.15, 0.2) is 53.3 Å². The van der Waals surface area contributed by atoms with Gasteiger partial charge in [0, 0.05) is 29.7 Å². The monoisotopic (exact) mass is 362 g/mol. The van der Waals surface area contributed by atoms with Crippen molar-refractivity contribution in [2.24, 2.45) is 0 Å². The lowest BCUT2D eigenvalue weighted by Gasteiger charge is -2.27. The number of H-pyrrole nitrogens is 1. The molecule has 1 aliphatic rings. The molecule has 0 bridgehead atoms. The van der Waals surface area contributed by atoms with Gasteiger partial charge >= 0.3 is 0 Å². The van der Waals surface area contributed by atoms with Gasteiger partial charge in [-0.15, -0.1) is 0 Å². The normalized spacial score (nSPS) is 14.4. The average molecular weight is 362 g/mol. The summed E-state index contributed by atoms with van der Waals surface area (Å²) in [5.41, 5.74) is 1.19. The fourth-order valence-corrected chi connectivity index (χ4v) is 3.25. The summed E-state index contributed by atoms with van der Waals surface area (Å²) >= 11 is 0. The lowest BCUT2D eigenvalue weighted by Crippen LogP contribution is -2.35. The molecule has 2 heterocycles. The Kier molecular flexibility index (Phi) is 4.42. The molecule has 4 rings (SSSR count). The third kappa shape index (κ3) is 3.31. The molecule has 1 aliphatic heterocycles. The number of benzene rings is 2. The number of aromatic amines is 1. The number of nitrogens with one attached hydrogen (secondary N) is 2. The Morgan fingerprint density at radius 1 is 1.07 bits per heavy atom. The smallest absolute Gasteiger partial charge is 0.280 e. The highest BCUT2D eigenvalue weighted by Gasteiger charge is 2.20. The number of fused-ring (bicyclic) bond motifs is 1. The minimum atomic E-state index is -0.593. The molecule has 0 spiro atoms. The molecule has 0 unspecified atom stereocenters. The molecule has 0 atom stereocenters. The van der Waals surface area contributed by atoms with E-state index < -0.39 is 11.3 Å². The van der Waals surface area contributed by atoms with Gasteiger partial charge in [-0.1, -0.05) is 18.2 Å². The zero-order valence-corrected chi connectivity index (χ0v) is 14.6. The number of carbonyl (C=O) groups is 2. The van der Waals surface area contributed by atoms with Gasteiger partial charge in [0.1, 0.15) is 0 Å². The minimum Gasteiger partial charge on any atom is -0.320 e. The van der Waals surface area contributed by atoms with Crippen LogP contribution in [0.1, 0.15) is 29.8 Å². The molecule has 27 heavy (non-hydrogen) atoms. The molecule has 1 fully saturated rings. The van der Waals surface area contributed by atoms with Crippen LogP contribution in [-0.2, 0) is 4.79 Å². The summed E-state index contributed by atoms with van der Waals surface area (Å²) < 4.78 is 0. The first-order valence-electron chi connectivity index (χ1n) is 8.83. The van der Waals surface area contributed by atoms with Crippen LogP contribution in [0.4, 0.5) is 11.4 Å². The van der Waals surface area contributed by atoms with Crippen molar-refractivity contribution in [2.75, 3.05) is 16.8 Å². The Balaban J connectivity index is 1.60. The number of hydrogen-bond acceptors (Lipinski definition) is 4. The van der Waals surface area contributed by atoms with Gasteiger partial charge in [0.15, 0.2) is 5.69 Å². The predicted molar refractivity (Wildman–Crippen MR) is 103 cm³/mol. The Morgan fingerprint density at radius 2 is 1.93 bits per heavy atom. The number of piperidine rings is 1. The second-order valence-corrected chi connectivity index (χ2v) is 6.45.